The number of hydrogen-bond acceptors (Lipinski definition) is 2. The zero-order chi connectivity index (χ0) is 5.98. The van der Waals surface area contributed by atoms with Gasteiger partial charge in [-0.15, -0.1) is 0 Å². The van der Waals surface area contributed by atoms with Crippen LogP contribution in [0.3, 0.4) is 0 Å². The zero-order valence-corrected chi connectivity index (χ0v) is 4.67. The summed E-state index contributed by atoms with van der Waals surface area (Å²) >= 11 is 0. The van der Waals surface area contributed by atoms with Crippen molar-refractivity contribution in [3.63, 3.8) is 0 Å². The number of nitrogens with zero attached hydrogens (tertiary/aromatic N) is 1. The maximum Gasteiger partial charge on any atom is 0.549 e. The fourth-order valence-electron chi connectivity index (χ4n) is 1.12. The molecular formula is C4H8BNO2. The first-order chi connectivity index (χ1) is 3.80. The van der Waals surface area contributed by atoms with Gasteiger partial charge in [-0.25, -0.2) is 0 Å². The van der Waals surface area contributed by atoms with Gasteiger partial charge in [0.25, 0.3) is 0 Å². The summed E-state index contributed by atoms with van der Waals surface area (Å²) in [6, 6.07) is 0. The Balaban J connectivity index is 2.35. The number of hydrogen-bond donors (Lipinski definition) is 0. The second-order valence-corrected chi connectivity index (χ2v) is 2.22. The molecule has 0 radical (unpaired) electrons. The van der Waals surface area contributed by atoms with Crippen LogP contribution in [0.15, 0.2) is 0 Å². The fraction of sp³-hybridized carbons (Fsp3) is 1.00. The van der Waals surface area contributed by atoms with Gasteiger partial charge in [0, 0.05) is 12.6 Å². The molecule has 1 fully saturated rings. The van der Waals surface area contributed by atoms with Crippen LogP contribution < -0.4 is 0 Å². The van der Waals surface area contributed by atoms with Crippen molar-refractivity contribution in [2.24, 2.45) is 0 Å². The quantitative estimate of drug-likeness (QED) is 0.289. The van der Waals surface area contributed by atoms with E-state index >= 15 is 0 Å². The van der Waals surface area contributed by atoms with Crippen LogP contribution in [0.5, 0.6) is 0 Å². The lowest BCUT2D eigenvalue weighted by atomic mass is 9.62. The third kappa shape index (κ3) is 0.995. The predicted octanol–water partition coefficient (Wildman–Crippen LogP) is 1.05. The average Bonchev–Trinajstić information content (AvgIpc) is 2.12. The standard InChI is InChI=1S/C4H8BNO2/c7-6(8)5-3-1-2-4-5/h1-4H2. The summed E-state index contributed by atoms with van der Waals surface area (Å²) in [7, 11) is 0. The normalized spacial score (nSPS) is 19.2. The maximum atomic E-state index is 10.0. The van der Waals surface area contributed by atoms with E-state index < -0.39 is 0 Å². The van der Waals surface area contributed by atoms with E-state index in [4.69, 9.17) is 0 Å². The highest BCUT2D eigenvalue weighted by molar-refractivity contribution is 6.50. The Kier molecular flexibility index (Phi) is 1.51. The van der Waals surface area contributed by atoms with E-state index in [1.54, 1.807) is 0 Å². The van der Waals surface area contributed by atoms with Crippen molar-refractivity contribution in [3.8, 4) is 0 Å². The van der Waals surface area contributed by atoms with Crippen molar-refractivity contribution in [3.05, 3.63) is 10.1 Å². The second-order valence-electron chi connectivity index (χ2n) is 2.22. The Labute approximate surface area is 48.3 Å². The summed E-state index contributed by atoms with van der Waals surface area (Å²) in [5.74, 6) is 0. The van der Waals surface area contributed by atoms with Gasteiger partial charge >= 0.3 is 6.85 Å². The van der Waals surface area contributed by atoms with Crippen LogP contribution >= 0.6 is 0 Å². The fourth-order valence-corrected chi connectivity index (χ4v) is 1.12. The molecule has 1 heterocycles. The highest BCUT2D eigenvalue weighted by atomic mass is 16.6. The minimum atomic E-state index is -0.213. The van der Waals surface area contributed by atoms with E-state index in [9.17, 15) is 10.1 Å². The van der Waals surface area contributed by atoms with E-state index in [1.165, 1.54) is 0 Å². The molecule has 0 aromatic rings. The summed E-state index contributed by atoms with van der Waals surface area (Å²) in [5.41, 5.74) is 0. The number of nitro groups is 1. The van der Waals surface area contributed by atoms with Crippen LogP contribution in [0.2, 0.25) is 12.6 Å². The van der Waals surface area contributed by atoms with Crippen LogP contribution in [0.1, 0.15) is 12.8 Å². The molecule has 0 saturated carbocycles. The third-order valence-electron chi connectivity index (χ3n) is 1.62. The van der Waals surface area contributed by atoms with Crippen LogP contribution in [-0.2, 0) is 0 Å². The van der Waals surface area contributed by atoms with Gasteiger partial charge in [0.05, 0.1) is 0 Å². The molecule has 0 N–H and O–H groups in total. The topological polar surface area (TPSA) is 43.1 Å². The largest absolute Gasteiger partial charge is 0.549 e. The van der Waals surface area contributed by atoms with E-state index in [-0.39, 0.29) is 11.7 Å². The molecule has 0 atom stereocenters. The van der Waals surface area contributed by atoms with Crippen molar-refractivity contribution in [1.29, 1.82) is 0 Å². The Hall–Kier alpha value is -0.535. The van der Waals surface area contributed by atoms with Crippen LogP contribution in [-0.4, -0.2) is 11.7 Å². The van der Waals surface area contributed by atoms with Crippen molar-refractivity contribution < 1.29 is 4.83 Å². The molecule has 0 aliphatic carbocycles. The highest BCUT2D eigenvalue weighted by Crippen LogP contribution is 2.18. The highest BCUT2D eigenvalue weighted by Gasteiger charge is 2.34. The van der Waals surface area contributed by atoms with Crippen molar-refractivity contribution in [2.75, 3.05) is 0 Å². The molecule has 1 aliphatic rings. The van der Waals surface area contributed by atoms with Gasteiger partial charge in [0.15, 0.2) is 0 Å². The molecule has 4 heteroatoms. The molecule has 0 aromatic heterocycles. The maximum absolute atomic E-state index is 10.0. The SMILES string of the molecule is O=[N+]([O-])B1CCCC1. The molecule has 0 spiro atoms. The lowest BCUT2D eigenvalue weighted by Gasteiger charge is -1.89. The molecule has 0 unspecified atom stereocenters. The van der Waals surface area contributed by atoms with Crippen LogP contribution in [0, 0.1) is 10.1 Å². The summed E-state index contributed by atoms with van der Waals surface area (Å²) in [4.78, 5) is 9.85. The summed E-state index contributed by atoms with van der Waals surface area (Å²) in [6.07, 6.45) is 3.69. The lowest BCUT2D eigenvalue weighted by molar-refractivity contribution is -0.331. The van der Waals surface area contributed by atoms with Crippen LogP contribution in [0.4, 0.5) is 0 Å². The molecular weight excluding hydrogens is 105 g/mol. The van der Waals surface area contributed by atoms with Crippen molar-refractivity contribution in [1.82, 2.24) is 0 Å². The Morgan fingerprint density at radius 3 is 2.12 bits per heavy atom. The zero-order valence-electron chi connectivity index (χ0n) is 4.67. The Morgan fingerprint density at radius 1 is 1.38 bits per heavy atom. The minimum Gasteiger partial charge on any atom is -0.294 e. The molecule has 0 bridgehead atoms. The van der Waals surface area contributed by atoms with Gasteiger partial charge in [-0.05, 0) is 0 Å². The van der Waals surface area contributed by atoms with Gasteiger partial charge < -0.3 is 0 Å². The minimum absolute atomic E-state index is 0.160. The first kappa shape index (κ1) is 5.60. The predicted molar refractivity (Wildman–Crippen MR) is 31.6 cm³/mol. The molecule has 0 amide bonds. The molecule has 3 nitrogen and oxygen atoms in total. The molecule has 8 heavy (non-hydrogen) atoms. The van der Waals surface area contributed by atoms with Gasteiger partial charge in [-0.1, -0.05) is 17.7 Å². The van der Waals surface area contributed by atoms with Crippen molar-refractivity contribution >= 4 is 6.85 Å². The Bertz CT molecular complexity index is 100. The molecule has 44 valence electrons. The smallest absolute Gasteiger partial charge is 0.294 e. The van der Waals surface area contributed by atoms with E-state index in [2.05, 4.69) is 0 Å². The van der Waals surface area contributed by atoms with Gasteiger partial charge in [0.2, 0.25) is 0 Å². The van der Waals surface area contributed by atoms with Gasteiger partial charge in [-0.2, -0.15) is 0 Å². The van der Waals surface area contributed by atoms with E-state index in [0.29, 0.717) is 0 Å². The molecule has 0 aromatic carbocycles. The molecule has 1 aliphatic heterocycles. The lowest BCUT2D eigenvalue weighted by Crippen LogP contribution is -2.19. The van der Waals surface area contributed by atoms with Gasteiger partial charge in [-0.3, -0.25) is 10.1 Å². The Morgan fingerprint density at radius 2 is 1.88 bits per heavy atom. The summed E-state index contributed by atoms with van der Waals surface area (Å²) < 4.78 is 0. The number of rotatable bonds is 1. The second kappa shape index (κ2) is 2.16. The average molecular weight is 113 g/mol. The summed E-state index contributed by atoms with van der Waals surface area (Å²) in [6.45, 7) is -0.213. The summed E-state index contributed by atoms with van der Waals surface area (Å²) in [5, 5.41) is 10.0. The third-order valence-corrected chi connectivity index (χ3v) is 1.62. The molecule has 1 saturated heterocycles. The monoisotopic (exact) mass is 113 g/mol. The molecule has 1 rings (SSSR count). The van der Waals surface area contributed by atoms with Gasteiger partial charge in [0.1, 0.15) is 0 Å². The van der Waals surface area contributed by atoms with E-state index in [0.717, 1.165) is 25.5 Å². The van der Waals surface area contributed by atoms with Crippen LogP contribution in [0.25, 0.3) is 0 Å². The van der Waals surface area contributed by atoms with Crippen molar-refractivity contribution in [2.45, 2.75) is 25.5 Å². The first-order valence-corrected chi connectivity index (χ1v) is 2.94. The van der Waals surface area contributed by atoms with E-state index in [1.807, 2.05) is 0 Å². The first-order valence-electron chi connectivity index (χ1n) is 2.94.